The summed E-state index contributed by atoms with van der Waals surface area (Å²) < 4.78 is 5.98. The van der Waals surface area contributed by atoms with E-state index in [1.807, 2.05) is 7.05 Å². The van der Waals surface area contributed by atoms with E-state index in [1.165, 1.54) is 26.1 Å². The van der Waals surface area contributed by atoms with Gasteiger partial charge in [0, 0.05) is 38.2 Å². The molecule has 24 heavy (non-hydrogen) atoms. The van der Waals surface area contributed by atoms with Gasteiger partial charge in [0.25, 0.3) is 0 Å². The Morgan fingerprint density at radius 1 is 1.25 bits per heavy atom. The lowest BCUT2D eigenvalue weighted by molar-refractivity contribution is -0.133. The van der Waals surface area contributed by atoms with Gasteiger partial charge in [-0.2, -0.15) is 0 Å². The molecule has 5 nitrogen and oxygen atoms in total. The van der Waals surface area contributed by atoms with Crippen LogP contribution in [0.25, 0.3) is 0 Å². The van der Waals surface area contributed by atoms with E-state index in [0.717, 1.165) is 44.3 Å². The highest BCUT2D eigenvalue weighted by Gasteiger charge is 2.53. The van der Waals surface area contributed by atoms with Crippen LogP contribution >= 0.6 is 0 Å². The van der Waals surface area contributed by atoms with Crippen LogP contribution in [0.5, 0.6) is 0 Å². The molecule has 3 atom stereocenters. The van der Waals surface area contributed by atoms with Gasteiger partial charge < -0.3 is 20.3 Å². The first kappa shape index (κ1) is 19.5. The van der Waals surface area contributed by atoms with Crippen molar-refractivity contribution < 1.29 is 4.74 Å². The smallest absolute Gasteiger partial charge is 0.191 e. The summed E-state index contributed by atoms with van der Waals surface area (Å²) in [5.41, 5.74) is 0.250. The first-order valence-corrected chi connectivity index (χ1v) is 9.94. The van der Waals surface area contributed by atoms with Crippen molar-refractivity contribution in [2.75, 3.05) is 39.8 Å². The summed E-state index contributed by atoms with van der Waals surface area (Å²) >= 11 is 0. The Hall–Kier alpha value is -0.810. The third-order valence-electron chi connectivity index (χ3n) is 6.38. The monoisotopic (exact) mass is 338 g/mol. The highest BCUT2D eigenvalue weighted by molar-refractivity contribution is 5.80. The Balaban J connectivity index is 1.84. The molecular weight excluding hydrogens is 300 g/mol. The summed E-state index contributed by atoms with van der Waals surface area (Å²) in [6.07, 6.45) is 5.07. The minimum Gasteiger partial charge on any atom is -0.378 e. The van der Waals surface area contributed by atoms with Gasteiger partial charge in [-0.1, -0.05) is 20.8 Å². The molecule has 2 fully saturated rings. The van der Waals surface area contributed by atoms with Gasteiger partial charge in [0.1, 0.15) is 0 Å². The number of rotatable bonds is 8. The lowest BCUT2D eigenvalue weighted by Crippen LogP contribution is -2.65. The standard InChI is InChI=1S/C19H38N4O/c1-6-19(7-2)16(12-17(19)24-9-4)22-18(20-5)21-13-15-10-11-23(8-3)14-15/h15-17H,6-14H2,1-5H3,(H2,20,21,22). The average molecular weight is 339 g/mol. The summed E-state index contributed by atoms with van der Waals surface area (Å²) in [7, 11) is 1.88. The van der Waals surface area contributed by atoms with Gasteiger partial charge >= 0.3 is 0 Å². The van der Waals surface area contributed by atoms with Crippen molar-refractivity contribution in [1.29, 1.82) is 0 Å². The zero-order valence-corrected chi connectivity index (χ0v) is 16.4. The van der Waals surface area contributed by atoms with Crippen LogP contribution in [0.2, 0.25) is 0 Å². The molecule has 3 unspecified atom stereocenters. The molecule has 5 heteroatoms. The number of guanidine groups is 1. The lowest BCUT2D eigenvalue weighted by Gasteiger charge is -2.55. The molecule has 2 rings (SSSR count). The molecule has 0 amide bonds. The molecule has 0 radical (unpaired) electrons. The van der Waals surface area contributed by atoms with E-state index in [1.54, 1.807) is 0 Å². The fourth-order valence-electron chi connectivity index (χ4n) is 4.55. The molecule has 140 valence electrons. The maximum Gasteiger partial charge on any atom is 0.191 e. The van der Waals surface area contributed by atoms with E-state index in [-0.39, 0.29) is 5.41 Å². The summed E-state index contributed by atoms with van der Waals surface area (Å²) in [5.74, 6) is 1.69. The van der Waals surface area contributed by atoms with Crippen molar-refractivity contribution in [2.24, 2.45) is 16.3 Å². The van der Waals surface area contributed by atoms with Crippen LogP contribution in [0.1, 0.15) is 53.4 Å². The van der Waals surface area contributed by atoms with Crippen molar-refractivity contribution in [2.45, 2.75) is 65.5 Å². The van der Waals surface area contributed by atoms with Crippen LogP contribution in [0.3, 0.4) is 0 Å². The lowest BCUT2D eigenvalue weighted by atomic mass is 9.58. The molecule has 1 aliphatic carbocycles. The van der Waals surface area contributed by atoms with Crippen LogP contribution in [0.15, 0.2) is 4.99 Å². The normalized spacial score (nSPS) is 30.2. The maximum absolute atomic E-state index is 5.98. The molecule has 0 bridgehead atoms. The van der Waals surface area contributed by atoms with Crippen molar-refractivity contribution >= 4 is 5.96 Å². The van der Waals surface area contributed by atoms with Gasteiger partial charge in [-0.3, -0.25) is 4.99 Å². The molecule has 1 saturated heterocycles. The summed E-state index contributed by atoms with van der Waals surface area (Å²) in [6, 6.07) is 0.464. The second-order valence-corrected chi connectivity index (χ2v) is 7.32. The molecule has 1 heterocycles. The summed E-state index contributed by atoms with van der Waals surface area (Å²) in [5, 5.41) is 7.24. The summed E-state index contributed by atoms with van der Waals surface area (Å²) in [4.78, 5) is 6.98. The van der Waals surface area contributed by atoms with E-state index in [0.29, 0.717) is 12.1 Å². The minimum absolute atomic E-state index is 0.250. The van der Waals surface area contributed by atoms with Crippen LogP contribution in [-0.2, 0) is 4.74 Å². The van der Waals surface area contributed by atoms with Crippen LogP contribution < -0.4 is 10.6 Å². The highest BCUT2D eigenvalue weighted by Crippen LogP contribution is 2.48. The Morgan fingerprint density at radius 2 is 2.00 bits per heavy atom. The van der Waals surface area contributed by atoms with E-state index in [2.05, 4.69) is 48.2 Å². The fraction of sp³-hybridized carbons (Fsp3) is 0.947. The molecular formula is C19H38N4O. The van der Waals surface area contributed by atoms with E-state index < -0.39 is 0 Å². The molecule has 1 aliphatic heterocycles. The zero-order valence-electron chi connectivity index (χ0n) is 16.4. The largest absolute Gasteiger partial charge is 0.378 e. The number of hydrogen-bond donors (Lipinski definition) is 2. The van der Waals surface area contributed by atoms with Gasteiger partial charge in [-0.25, -0.2) is 0 Å². The number of ether oxygens (including phenoxy) is 1. The van der Waals surface area contributed by atoms with Crippen molar-refractivity contribution in [3.05, 3.63) is 0 Å². The number of nitrogens with one attached hydrogen (secondary N) is 2. The average Bonchev–Trinajstić information content (AvgIpc) is 3.06. The van der Waals surface area contributed by atoms with Crippen molar-refractivity contribution in [1.82, 2.24) is 15.5 Å². The molecule has 0 aromatic heterocycles. The first-order valence-electron chi connectivity index (χ1n) is 9.94. The third-order valence-corrected chi connectivity index (χ3v) is 6.38. The number of likely N-dealkylation sites (tertiary alicyclic amines) is 1. The number of nitrogens with zero attached hydrogens (tertiary/aromatic N) is 2. The quantitative estimate of drug-likeness (QED) is 0.527. The SMILES string of the molecule is CCOC1CC(NC(=NC)NCC2CCN(CC)C2)C1(CC)CC. The van der Waals surface area contributed by atoms with Crippen LogP contribution in [-0.4, -0.2) is 62.8 Å². The van der Waals surface area contributed by atoms with Gasteiger partial charge in [0.15, 0.2) is 5.96 Å². The van der Waals surface area contributed by atoms with Gasteiger partial charge in [-0.15, -0.1) is 0 Å². The number of hydrogen-bond acceptors (Lipinski definition) is 3. The molecule has 0 aromatic carbocycles. The fourth-order valence-corrected chi connectivity index (χ4v) is 4.55. The predicted octanol–water partition coefficient (Wildman–Crippen LogP) is 2.48. The zero-order chi connectivity index (χ0) is 17.6. The summed E-state index contributed by atoms with van der Waals surface area (Å²) in [6.45, 7) is 14.4. The van der Waals surface area contributed by atoms with Crippen LogP contribution in [0, 0.1) is 11.3 Å². The minimum atomic E-state index is 0.250. The van der Waals surface area contributed by atoms with E-state index in [9.17, 15) is 0 Å². The Labute approximate surface area is 148 Å². The first-order chi connectivity index (χ1) is 11.6. The molecule has 1 saturated carbocycles. The van der Waals surface area contributed by atoms with Crippen molar-refractivity contribution in [3.63, 3.8) is 0 Å². The van der Waals surface area contributed by atoms with Crippen molar-refractivity contribution in [3.8, 4) is 0 Å². The highest BCUT2D eigenvalue weighted by atomic mass is 16.5. The molecule has 0 spiro atoms. The Bertz CT molecular complexity index is 408. The molecule has 2 aliphatic rings. The second kappa shape index (κ2) is 9.04. The number of aliphatic imine (C=N–C) groups is 1. The second-order valence-electron chi connectivity index (χ2n) is 7.32. The van der Waals surface area contributed by atoms with Gasteiger partial charge in [-0.05, 0) is 51.6 Å². The topological polar surface area (TPSA) is 48.9 Å². The van der Waals surface area contributed by atoms with E-state index in [4.69, 9.17) is 4.74 Å². The Morgan fingerprint density at radius 3 is 2.54 bits per heavy atom. The van der Waals surface area contributed by atoms with Gasteiger partial charge in [0.05, 0.1) is 6.10 Å². The molecule has 0 aromatic rings. The maximum atomic E-state index is 5.98. The molecule has 2 N–H and O–H groups in total. The van der Waals surface area contributed by atoms with Crippen LogP contribution in [0.4, 0.5) is 0 Å². The van der Waals surface area contributed by atoms with Gasteiger partial charge in [0.2, 0.25) is 0 Å². The Kier molecular flexibility index (Phi) is 7.35. The third kappa shape index (κ3) is 4.05. The predicted molar refractivity (Wildman–Crippen MR) is 102 cm³/mol. The van der Waals surface area contributed by atoms with E-state index >= 15 is 0 Å².